The van der Waals surface area contributed by atoms with Crippen molar-refractivity contribution in [3.05, 3.63) is 37.3 Å². The van der Waals surface area contributed by atoms with Crippen molar-refractivity contribution in [3.8, 4) is 0 Å². The number of aryl methyl sites for hydroxylation is 3. The first-order chi connectivity index (χ1) is 8.95. The highest BCUT2D eigenvalue weighted by Crippen LogP contribution is 2.35. The zero-order valence-corrected chi connectivity index (χ0v) is 13.7. The third kappa shape index (κ3) is 2.82. The molecule has 0 saturated carbocycles. The van der Waals surface area contributed by atoms with Crippen LogP contribution in [-0.4, -0.2) is 16.8 Å². The van der Waals surface area contributed by atoms with Crippen LogP contribution < -0.4 is 5.32 Å². The van der Waals surface area contributed by atoms with E-state index in [-0.39, 0.29) is 6.04 Å². The molecule has 1 N–H and O–H groups in total. The van der Waals surface area contributed by atoms with E-state index in [9.17, 15) is 0 Å². The third-order valence-corrected chi connectivity index (χ3v) is 5.57. The van der Waals surface area contributed by atoms with Crippen LogP contribution in [0.2, 0.25) is 10.0 Å². The minimum atomic E-state index is 0.151. The first-order valence-electron chi connectivity index (χ1n) is 6.04. The molecular weight excluding hydrogens is 301 g/mol. The summed E-state index contributed by atoms with van der Waals surface area (Å²) in [6.07, 6.45) is 0.770. The molecule has 0 bridgehead atoms. The van der Waals surface area contributed by atoms with Crippen LogP contribution in [0.3, 0.4) is 0 Å². The zero-order valence-electron chi connectivity index (χ0n) is 11.4. The molecule has 0 aliphatic rings. The molecule has 0 aliphatic heterocycles. The second-order valence-corrected chi connectivity index (χ2v) is 6.28. The van der Waals surface area contributed by atoms with Gasteiger partial charge in [-0.05, 0) is 31.8 Å². The van der Waals surface area contributed by atoms with E-state index in [1.165, 1.54) is 0 Å². The van der Waals surface area contributed by atoms with Gasteiger partial charge in [0.15, 0.2) is 0 Å². The van der Waals surface area contributed by atoms with Gasteiger partial charge in [0, 0.05) is 24.4 Å². The standard InChI is InChI=1S/C13H17Cl2N3S/c1-7-6-19-13(11(7)14)9(16-3)5-10-12(15)8(2)17-18(10)4/h6,9,16H,5H2,1-4H3. The molecule has 0 fully saturated rings. The average Bonchev–Trinajstić information content (AvgIpc) is 2.81. The second-order valence-electron chi connectivity index (χ2n) is 4.61. The van der Waals surface area contributed by atoms with Crippen molar-refractivity contribution >= 4 is 34.5 Å². The predicted octanol–water partition coefficient (Wildman–Crippen LogP) is 3.91. The Hall–Kier alpha value is -0.550. The molecule has 2 heterocycles. The van der Waals surface area contributed by atoms with Crippen LogP contribution >= 0.6 is 34.5 Å². The summed E-state index contributed by atoms with van der Waals surface area (Å²) in [6, 6.07) is 0.151. The van der Waals surface area contributed by atoms with Crippen molar-refractivity contribution in [1.29, 1.82) is 0 Å². The quantitative estimate of drug-likeness (QED) is 0.926. The molecule has 6 heteroatoms. The molecule has 2 rings (SSSR count). The maximum absolute atomic E-state index is 6.35. The zero-order chi connectivity index (χ0) is 14.2. The van der Waals surface area contributed by atoms with E-state index < -0.39 is 0 Å². The van der Waals surface area contributed by atoms with Crippen LogP contribution in [0, 0.1) is 13.8 Å². The fourth-order valence-electron chi connectivity index (χ4n) is 2.11. The molecule has 0 spiro atoms. The summed E-state index contributed by atoms with van der Waals surface area (Å²) in [4.78, 5) is 1.15. The molecule has 2 aromatic rings. The van der Waals surface area contributed by atoms with Gasteiger partial charge >= 0.3 is 0 Å². The fourth-order valence-corrected chi connectivity index (χ4v) is 3.78. The summed E-state index contributed by atoms with van der Waals surface area (Å²) < 4.78 is 1.84. The van der Waals surface area contributed by atoms with Crippen molar-refractivity contribution in [2.24, 2.45) is 7.05 Å². The molecule has 0 amide bonds. The molecule has 104 valence electrons. The van der Waals surface area contributed by atoms with Crippen LogP contribution in [0.4, 0.5) is 0 Å². The highest BCUT2D eigenvalue weighted by Gasteiger charge is 2.21. The van der Waals surface area contributed by atoms with E-state index >= 15 is 0 Å². The third-order valence-electron chi connectivity index (χ3n) is 3.25. The first-order valence-corrected chi connectivity index (χ1v) is 7.68. The number of likely N-dealkylation sites (N-methyl/N-ethyl adjacent to an activating group) is 1. The van der Waals surface area contributed by atoms with Gasteiger partial charge in [-0.25, -0.2) is 0 Å². The van der Waals surface area contributed by atoms with Gasteiger partial charge in [-0.1, -0.05) is 23.2 Å². The molecule has 2 aromatic heterocycles. The Morgan fingerprint density at radius 1 is 1.37 bits per heavy atom. The normalized spacial score (nSPS) is 12.9. The van der Waals surface area contributed by atoms with Gasteiger partial charge in [-0.2, -0.15) is 5.10 Å². The number of hydrogen-bond donors (Lipinski definition) is 1. The Balaban J connectivity index is 2.32. The Labute approximate surface area is 127 Å². The Kier molecular flexibility index (Phi) is 4.56. The van der Waals surface area contributed by atoms with Gasteiger partial charge in [0.25, 0.3) is 0 Å². The van der Waals surface area contributed by atoms with E-state index in [4.69, 9.17) is 23.2 Å². The van der Waals surface area contributed by atoms with Crippen molar-refractivity contribution in [2.75, 3.05) is 7.05 Å². The van der Waals surface area contributed by atoms with E-state index in [2.05, 4.69) is 15.8 Å². The lowest BCUT2D eigenvalue weighted by Gasteiger charge is -2.16. The number of halogens is 2. The molecule has 0 aromatic carbocycles. The van der Waals surface area contributed by atoms with Gasteiger partial charge in [-0.3, -0.25) is 4.68 Å². The van der Waals surface area contributed by atoms with E-state index in [1.54, 1.807) is 11.3 Å². The molecule has 0 saturated heterocycles. The first kappa shape index (κ1) is 14.9. The number of hydrogen-bond acceptors (Lipinski definition) is 3. The van der Waals surface area contributed by atoms with Gasteiger partial charge in [-0.15, -0.1) is 11.3 Å². The van der Waals surface area contributed by atoms with Crippen LogP contribution in [0.1, 0.15) is 27.9 Å². The summed E-state index contributed by atoms with van der Waals surface area (Å²) in [5.74, 6) is 0. The van der Waals surface area contributed by atoms with Crippen LogP contribution in [0.5, 0.6) is 0 Å². The maximum atomic E-state index is 6.35. The molecule has 3 nitrogen and oxygen atoms in total. The summed E-state index contributed by atoms with van der Waals surface area (Å²) in [5, 5.41) is 11.3. The largest absolute Gasteiger partial charge is 0.312 e. The van der Waals surface area contributed by atoms with Gasteiger partial charge in [0.2, 0.25) is 0 Å². The molecular formula is C13H17Cl2N3S. The van der Waals surface area contributed by atoms with E-state index in [0.717, 1.165) is 38.3 Å². The van der Waals surface area contributed by atoms with Crippen molar-refractivity contribution < 1.29 is 0 Å². The molecule has 0 radical (unpaired) electrons. The van der Waals surface area contributed by atoms with E-state index in [0.29, 0.717) is 0 Å². The van der Waals surface area contributed by atoms with E-state index in [1.807, 2.05) is 32.6 Å². The average molecular weight is 318 g/mol. The van der Waals surface area contributed by atoms with Crippen molar-refractivity contribution in [1.82, 2.24) is 15.1 Å². The van der Waals surface area contributed by atoms with Gasteiger partial charge in [0.05, 0.1) is 21.4 Å². The number of nitrogens with zero attached hydrogens (tertiary/aromatic N) is 2. The second kappa shape index (κ2) is 5.83. The fraction of sp³-hybridized carbons (Fsp3) is 0.462. The number of nitrogens with one attached hydrogen (secondary N) is 1. The Bertz CT molecular complexity index is 589. The molecule has 0 aliphatic carbocycles. The SMILES string of the molecule is CNC(Cc1c(Cl)c(C)nn1C)c1scc(C)c1Cl. The number of thiophene rings is 1. The monoisotopic (exact) mass is 317 g/mol. The van der Waals surface area contributed by atoms with Gasteiger partial charge in [0.1, 0.15) is 0 Å². The van der Waals surface area contributed by atoms with Crippen LogP contribution in [-0.2, 0) is 13.5 Å². The number of aromatic nitrogens is 2. The summed E-state index contributed by atoms with van der Waals surface area (Å²) in [6.45, 7) is 3.94. The maximum Gasteiger partial charge on any atom is 0.0847 e. The highest BCUT2D eigenvalue weighted by molar-refractivity contribution is 7.10. The minimum Gasteiger partial charge on any atom is -0.312 e. The van der Waals surface area contributed by atoms with Gasteiger partial charge < -0.3 is 5.32 Å². The lowest BCUT2D eigenvalue weighted by Crippen LogP contribution is -2.19. The Morgan fingerprint density at radius 3 is 2.47 bits per heavy atom. The molecule has 1 unspecified atom stereocenters. The molecule has 19 heavy (non-hydrogen) atoms. The topological polar surface area (TPSA) is 29.9 Å². The lowest BCUT2D eigenvalue weighted by molar-refractivity contribution is 0.569. The predicted molar refractivity (Wildman–Crippen MR) is 82.5 cm³/mol. The summed E-state index contributed by atoms with van der Waals surface area (Å²) in [5.41, 5.74) is 3.01. The summed E-state index contributed by atoms with van der Waals surface area (Å²) in [7, 11) is 3.86. The van der Waals surface area contributed by atoms with Crippen molar-refractivity contribution in [2.45, 2.75) is 26.3 Å². The number of rotatable bonds is 4. The lowest BCUT2D eigenvalue weighted by atomic mass is 10.1. The Morgan fingerprint density at radius 2 is 2.05 bits per heavy atom. The summed E-state index contributed by atoms with van der Waals surface area (Å²) >= 11 is 14.3. The van der Waals surface area contributed by atoms with Crippen LogP contribution in [0.25, 0.3) is 0 Å². The highest BCUT2D eigenvalue weighted by atomic mass is 35.5. The van der Waals surface area contributed by atoms with Crippen LogP contribution in [0.15, 0.2) is 5.38 Å². The minimum absolute atomic E-state index is 0.151. The molecule has 1 atom stereocenters. The smallest absolute Gasteiger partial charge is 0.0847 e. The van der Waals surface area contributed by atoms with Crippen molar-refractivity contribution in [3.63, 3.8) is 0 Å².